The summed E-state index contributed by atoms with van der Waals surface area (Å²) < 4.78 is 4.83. The standard InChI is InChI=1S/C15H16N2O3S/c1-11(17)13(9-16)14(18)10-20-15(19)7-8-21-12-5-3-2-4-6-12/h2-6H,7-8,10,17H2,1H3/b13-11+. The molecule has 21 heavy (non-hydrogen) atoms. The van der Waals surface area contributed by atoms with Gasteiger partial charge in [0.15, 0.2) is 6.61 Å². The minimum absolute atomic E-state index is 0.123. The Morgan fingerprint density at radius 1 is 1.33 bits per heavy atom. The van der Waals surface area contributed by atoms with Crippen LogP contribution in [0.15, 0.2) is 46.5 Å². The van der Waals surface area contributed by atoms with Crippen molar-refractivity contribution in [2.45, 2.75) is 18.2 Å². The van der Waals surface area contributed by atoms with Gasteiger partial charge in [0.05, 0.1) is 6.42 Å². The summed E-state index contributed by atoms with van der Waals surface area (Å²) in [6.45, 7) is 1.00. The van der Waals surface area contributed by atoms with Crippen LogP contribution in [0.4, 0.5) is 0 Å². The number of hydrogen-bond acceptors (Lipinski definition) is 6. The molecule has 0 aliphatic rings. The molecule has 6 heteroatoms. The third kappa shape index (κ3) is 6.15. The Hall–Kier alpha value is -2.26. The maximum atomic E-state index is 11.6. The van der Waals surface area contributed by atoms with E-state index in [-0.39, 0.29) is 17.7 Å². The smallest absolute Gasteiger partial charge is 0.307 e. The molecule has 0 aliphatic heterocycles. The number of ether oxygens (including phenoxy) is 1. The zero-order valence-electron chi connectivity index (χ0n) is 11.7. The number of hydrogen-bond donors (Lipinski definition) is 1. The fourth-order valence-electron chi connectivity index (χ4n) is 1.43. The van der Waals surface area contributed by atoms with Crippen LogP contribution in [0.1, 0.15) is 13.3 Å². The molecule has 1 aromatic rings. The predicted octanol–water partition coefficient (Wildman–Crippen LogP) is 2.04. The number of rotatable bonds is 7. The molecule has 0 radical (unpaired) electrons. The van der Waals surface area contributed by atoms with Gasteiger partial charge in [0.2, 0.25) is 5.78 Å². The molecule has 0 unspecified atom stereocenters. The van der Waals surface area contributed by atoms with E-state index >= 15 is 0 Å². The number of nitrogens with two attached hydrogens (primary N) is 1. The molecule has 0 heterocycles. The van der Waals surface area contributed by atoms with E-state index in [1.165, 1.54) is 18.7 Å². The number of carbonyl (C=O) groups is 2. The van der Waals surface area contributed by atoms with E-state index in [0.29, 0.717) is 5.75 Å². The van der Waals surface area contributed by atoms with Crippen molar-refractivity contribution < 1.29 is 14.3 Å². The highest BCUT2D eigenvalue weighted by Crippen LogP contribution is 2.17. The highest BCUT2D eigenvalue weighted by atomic mass is 32.2. The molecule has 1 rings (SSSR count). The molecular weight excluding hydrogens is 288 g/mol. The van der Waals surface area contributed by atoms with Gasteiger partial charge in [-0.25, -0.2) is 0 Å². The minimum atomic E-state index is -0.582. The summed E-state index contributed by atoms with van der Waals surface area (Å²) in [5.41, 5.74) is 5.35. The van der Waals surface area contributed by atoms with Crippen LogP contribution in [-0.2, 0) is 14.3 Å². The lowest BCUT2D eigenvalue weighted by molar-refractivity contribution is -0.146. The molecule has 2 N–H and O–H groups in total. The lowest BCUT2D eigenvalue weighted by Gasteiger charge is -2.04. The fraction of sp³-hybridized carbons (Fsp3) is 0.267. The summed E-state index contributed by atoms with van der Waals surface area (Å²) in [6.07, 6.45) is 0.194. The van der Waals surface area contributed by atoms with Crippen LogP contribution in [-0.4, -0.2) is 24.1 Å². The van der Waals surface area contributed by atoms with Gasteiger partial charge in [0.1, 0.15) is 11.6 Å². The maximum absolute atomic E-state index is 11.6. The second kappa shape index (κ2) is 8.82. The molecule has 0 atom stereocenters. The number of nitrogens with zero attached hydrogens (tertiary/aromatic N) is 1. The first-order chi connectivity index (χ1) is 10.0. The zero-order valence-corrected chi connectivity index (χ0v) is 12.5. The minimum Gasteiger partial charge on any atom is -0.457 e. The lowest BCUT2D eigenvalue weighted by atomic mass is 10.1. The molecule has 0 spiro atoms. The molecule has 0 aromatic heterocycles. The first-order valence-corrected chi connectivity index (χ1v) is 7.26. The molecule has 0 bridgehead atoms. The van der Waals surface area contributed by atoms with Crippen LogP contribution in [0.25, 0.3) is 0 Å². The van der Waals surface area contributed by atoms with Gasteiger partial charge >= 0.3 is 5.97 Å². The molecule has 110 valence electrons. The van der Waals surface area contributed by atoms with Crippen molar-refractivity contribution in [3.05, 3.63) is 41.6 Å². The van der Waals surface area contributed by atoms with Crippen molar-refractivity contribution in [3.63, 3.8) is 0 Å². The highest BCUT2D eigenvalue weighted by Gasteiger charge is 2.14. The third-order valence-corrected chi connectivity index (χ3v) is 3.48. The molecular formula is C15H16N2O3S. The summed E-state index contributed by atoms with van der Waals surface area (Å²) in [4.78, 5) is 24.1. The molecule has 0 saturated heterocycles. The topological polar surface area (TPSA) is 93.2 Å². The number of nitriles is 1. The fourth-order valence-corrected chi connectivity index (χ4v) is 2.28. The second-order valence-corrected chi connectivity index (χ2v) is 5.33. The van der Waals surface area contributed by atoms with E-state index in [4.69, 9.17) is 15.7 Å². The summed E-state index contributed by atoms with van der Waals surface area (Å²) >= 11 is 1.53. The SMILES string of the molecule is C/C(N)=C(/C#N)C(=O)COC(=O)CCSc1ccccc1. The van der Waals surface area contributed by atoms with Gasteiger partial charge in [-0.15, -0.1) is 11.8 Å². The van der Waals surface area contributed by atoms with Crippen molar-refractivity contribution in [1.82, 2.24) is 0 Å². The van der Waals surface area contributed by atoms with Gasteiger partial charge in [-0.05, 0) is 19.1 Å². The Balaban J connectivity index is 2.31. The second-order valence-electron chi connectivity index (χ2n) is 4.17. The Labute approximate surface area is 127 Å². The van der Waals surface area contributed by atoms with Crippen molar-refractivity contribution in [2.75, 3.05) is 12.4 Å². The zero-order chi connectivity index (χ0) is 15.7. The van der Waals surface area contributed by atoms with Crippen molar-refractivity contribution in [2.24, 2.45) is 5.73 Å². The van der Waals surface area contributed by atoms with Crippen molar-refractivity contribution in [3.8, 4) is 6.07 Å². The number of benzene rings is 1. The Bertz CT molecular complexity index is 572. The van der Waals surface area contributed by atoms with Crippen molar-refractivity contribution in [1.29, 1.82) is 5.26 Å². The van der Waals surface area contributed by atoms with E-state index in [2.05, 4.69) is 0 Å². The van der Waals surface area contributed by atoms with E-state index in [1.54, 1.807) is 6.07 Å². The van der Waals surface area contributed by atoms with Gasteiger partial charge in [-0.3, -0.25) is 9.59 Å². The molecule has 0 fully saturated rings. The summed E-state index contributed by atoms with van der Waals surface area (Å²) in [7, 11) is 0. The molecule has 1 aromatic carbocycles. The molecule has 0 amide bonds. The normalized spacial score (nSPS) is 11.2. The lowest BCUT2D eigenvalue weighted by Crippen LogP contribution is -2.17. The van der Waals surface area contributed by atoms with Crippen LogP contribution in [0.5, 0.6) is 0 Å². The third-order valence-electron chi connectivity index (χ3n) is 2.47. The number of ketones is 1. The molecule has 0 aliphatic carbocycles. The number of allylic oxidation sites excluding steroid dienone is 1. The Kier molecular flexibility index (Phi) is 7.05. The van der Waals surface area contributed by atoms with Crippen LogP contribution in [0.2, 0.25) is 0 Å². The van der Waals surface area contributed by atoms with Gasteiger partial charge in [0.25, 0.3) is 0 Å². The number of esters is 1. The summed E-state index contributed by atoms with van der Waals surface area (Å²) in [5, 5.41) is 8.75. The average Bonchev–Trinajstić information content (AvgIpc) is 2.46. The first-order valence-electron chi connectivity index (χ1n) is 6.27. The van der Waals surface area contributed by atoms with Crippen LogP contribution >= 0.6 is 11.8 Å². The Morgan fingerprint density at radius 3 is 2.57 bits per heavy atom. The average molecular weight is 304 g/mol. The summed E-state index contributed by atoms with van der Waals surface area (Å²) in [5.74, 6) is -0.492. The number of thioether (sulfide) groups is 1. The highest BCUT2D eigenvalue weighted by molar-refractivity contribution is 7.99. The van der Waals surface area contributed by atoms with Gasteiger partial charge in [0, 0.05) is 16.3 Å². The van der Waals surface area contributed by atoms with Crippen molar-refractivity contribution >= 4 is 23.5 Å². The van der Waals surface area contributed by atoms with E-state index in [1.807, 2.05) is 30.3 Å². The van der Waals surface area contributed by atoms with Gasteiger partial charge in [-0.1, -0.05) is 18.2 Å². The quantitative estimate of drug-likeness (QED) is 0.358. The molecule has 0 saturated carbocycles. The summed E-state index contributed by atoms with van der Waals surface area (Å²) in [6, 6.07) is 11.4. The Morgan fingerprint density at radius 2 is 2.00 bits per heavy atom. The van der Waals surface area contributed by atoms with Gasteiger partial charge < -0.3 is 10.5 Å². The van der Waals surface area contributed by atoms with Crippen LogP contribution < -0.4 is 5.73 Å². The number of Topliss-reactive ketones (excluding diaryl/α,β-unsaturated/α-hetero) is 1. The first kappa shape index (κ1) is 16.8. The predicted molar refractivity (Wildman–Crippen MR) is 80.2 cm³/mol. The van der Waals surface area contributed by atoms with Gasteiger partial charge in [-0.2, -0.15) is 5.26 Å². The van der Waals surface area contributed by atoms with E-state index < -0.39 is 18.4 Å². The molecule has 5 nitrogen and oxygen atoms in total. The van der Waals surface area contributed by atoms with Crippen LogP contribution in [0.3, 0.4) is 0 Å². The monoisotopic (exact) mass is 304 g/mol. The largest absolute Gasteiger partial charge is 0.457 e. The van der Waals surface area contributed by atoms with E-state index in [9.17, 15) is 9.59 Å². The van der Waals surface area contributed by atoms with Crippen LogP contribution in [0, 0.1) is 11.3 Å². The maximum Gasteiger partial charge on any atom is 0.307 e. The number of carbonyl (C=O) groups excluding carboxylic acids is 2. The van der Waals surface area contributed by atoms with E-state index in [0.717, 1.165) is 4.90 Å².